The van der Waals surface area contributed by atoms with E-state index in [4.69, 9.17) is 4.74 Å². The second kappa shape index (κ2) is 10.6. The molecule has 36 heavy (non-hydrogen) atoms. The average molecular weight is 487 g/mol. The van der Waals surface area contributed by atoms with Crippen molar-refractivity contribution < 1.29 is 14.3 Å². The molecule has 2 aromatic heterocycles. The van der Waals surface area contributed by atoms with Gasteiger partial charge in [0.05, 0.1) is 18.3 Å². The maximum absolute atomic E-state index is 14.1. The number of hydrogen-bond acceptors (Lipinski definition) is 6. The van der Waals surface area contributed by atoms with E-state index in [1.54, 1.807) is 42.7 Å². The minimum absolute atomic E-state index is 0.125. The third kappa shape index (κ3) is 5.19. The van der Waals surface area contributed by atoms with Crippen molar-refractivity contribution in [3.8, 4) is 5.75 Å². The van der Waals surface area contributed by atoms with Crippen LogP contribution in [0.25, 0.3) is 11.0 Å². The Morgan fingerprint density at radius 2 is 1.83 bits per heavy atom. The molecular formula is C27H30N6O3. The zero-order valence-corrected chi connectivity index (χ0v) is 20.9. The van der Waals surface area contributed by atoms with Gasteiger partial charge in [-0.1, -0.05) is 42.5 Å². The van der Waals surface area contributed by atoms with Gasteiger partial charge in [-0.05, 0) is 50.6 Å². The number of amides is 2. The Balaban J connectivity index is 1.84. The first-order valence-corrected chi connectivity index (χ1v) is 11.8. The van der Waals surface area contributed by atoms with Crippen LogP contribution < -0.4 is 15.0 Å². The van der Waals surface area contributed by atoms with Crippen molar-refractivity contribution >= 4 is 28.5 Å². The van der Waals surface area contributed by atoms with Gasteiger partial charge >= 0.3 is 0 Å². The Hall–Kier alpha value is -4.27. The molecule has 2 amide bonds. The largest absolute Gasteiger partial charge is 0.495 e. The molecule has 0 aliphatic carbocycles. The number of fused-ring (bicyclic) bond motifs is 1. The number of aromatic nitrogens is 4. The van der Waals surface area contributed by atoms with Gasteiger partial charge < -0.3 is 10.1 Å². The standard InChI is InChI=1S/C27H30N6O3/c1-5-27(2,3)29-26(35)25(19-11-10-16-28-17-19)33(22-14-8-9-15-23(22)36-4)24(34)18-32-21-13-7-6-12-20(21)30-31-32/h6-17,25H,5,18H2,1-4H3,(H,29,35)/t25-/m0/s1. The molecule has 0 spiro atoms. The number of anilines is 1. The quantitative estimate of drug-likeness (QED) is 0.385. The van der Waals surface area contributed by atoms with Crippen molar-refractivity contribution in [1.29, 1.82) is 0 Å². The van der Waals surface area contributed by atoms with Crippen LogP contribution in [0.1, 0.15) is 38.8 Å². The van der Waals surface area contributed by atoms with E-state index in [2.05, 4.69) is 20.6 Å². The number of carbonyl (C=O) groups is 2. The predicted octanol–water partition coefficient (Wildman–Crippen LogP) is 3.91. The maximum Gasteiger partial charge on any atom is 0.249 e. The SMILES string of the molecule is CCC(C)(C)NC(=O)[C@H](c1cccnc1)N(C(=O)Cn1nnc2ccccc21)c1ccccc1OC. The normalized spacial score (nSPS) is 12.2. The summed E-state index contributed by atoms with van der Waals surface area (Å²) in [5.74, 6) is -0.211. The number of methoxy groups -OCH3 is 1. The summed E-state index contributed by atoms with van der Waals surface area (Å²) in [7, 11) is 1.53. The summed E-state index contributed by atoms with van der Waals surface area (Å²) in [5, 5.41) is 11.4. The third-order valence-corrected chi connectivity index (χ3v) is 6.17. The van der Waals surface area contributed by atoms with Crippen LogP contribution in [0.4, 0.5) is 5.69 Å². The van der Waals surface area contributed by atoms with Gasteiger partial charge in [0, 0.05) is 23.5 Å². The zero-order chi connectivity index (χ0) is 25.7. The molecule has 0 fully saturated rings. The topological polar surface area (TPSA) is 102 Å². The lowest BCUT2D eigenvalue weighted by Gasteiger charge is -2.35. The molecule has 9 nitrogen and oxygen atoms in total. The van der Waals surface area contributed by atoms with Gasteiger partial charge in [0.25, 0.3) is 0 Å². The Morgan fingerprint density at radius 1 is 1.08 bits per heavy atom. The lowest BCUT2D eigenvalue weighted by molar-refractivity contribution is -0.128. The molecule has 0 unspecified atom stereocenters. The third-order valence-electron chi connectivity index (χ3n) is 6.17. The van der Waals surface area contributed by atoms with Crippen LogP contribution in [0.15, 0.2) is 73.1 Å². The smallest absolute Gasteiger partial charge is 0.249 e. The number of nitrogens with one attached hydrogen (secondary N) is 1. The number of para-hydroxylation sites is 3. The molecule has 186 valence electrons. The number of ether oxygens (including phenoxy) is 1. The highest BCUT2D eigenvalue weighted by molar-refractivity contribution is 6.02. The maximum atomic E-state index is 14.1. The van der Waals surface area contributed by atoms with Crippen molar-refractivity contribution in [3.63, 3.8) is 0 Å². The van der Waals surface area contributed by atoms with E-state index in [0.29, 0.717) is 28.9 Å². The van der Waals surface area contributed by atoms with E-state index < -0.39 is 11.6 Å². The first-order chi connectivity index (χ1) is 17.3. The van der Waals surface area contributed by atoms with E-state index in [1.807, 2.05) is 51.1 Å². The van der Waals surface area contributed by atoms with Crippen molar-refractivity contribution in [2.75, 3.05) is 12.0 Å². The molecule has 2 heterocycles. The molecule has 0 radical (unpaired) electrons. The molecule has 2 aromatic carbocycles. The lowest BCUT2D eigenvalue weighted by Crippen LogP contribution is -2.51. The minimum atomic E-state index is -0.997. The molecule has 0 bridgehead atoms. The van der Waals surface area contributed by atoms with Gasteiger partial charge in [-0.15, -0.1) is 5.10 Å². The van der Waals surface area contributed by atoms with Crippen molar-refractivity contribution in [2.45, 2.75) is 45.3 Å². The Kier molecular flexibility index (Phi) is 7.28. The Labute approximate surface area is 210 Å². The number of nitrogens with zero attached hydrogens (tertiary/aromatic N) is 5. The Bertz CT molecular complexity index is 1350. The number of carbonyl (C=O) groups excluding carboxylic acids is 2. The molecule has 0 saturated carbocycles. The second-order valence-electron chi connectivity index (χ2n) is 9.09. The zero-order valence-electron chi connectivity index (χ0n) is 20.9. The fourth-order valence-corrected chi connectivity index (χ4v) is 3.93. The van der Waals surface area contributed by atoms with Crippen LogP contribution >= 0.6 is 0 Å². The molecule has 4 rings (SSSR count). The van der Waals surface area contributed by atoms with Gasteiger partial charge in [0.15, 0.2) is 0 Å². The van der Waals surface area contributed by atoms with Crippen LogP contribution in [-0.2, 0) is 16.1 Å². The van der Waals surface area contributed by atoms with Gasteiger partial charge in [0.2, 0.25) is 11.8 Å². The van der Waals surface area contributed by atoms with E-state index in [1.165, 1.54) is 16.7 Å². The van der Waals surface area contributed by atoms with Crippen LogP contribution in [0, 0.1) is 0 Å². The predicted molar refractivity (Wildman–Crippen MR) is 137 cm³/mol. The first kappa shape index (κ1) is 24.8. The van der Waals surface area contributed by atoms with Crippen LogP contribution in [0.5, 0.6) is 5.75 Å². The number of rotatable bonds is 9. The molecule has 0 saturated heterocycles. The summed E-state index contributed by atoms with van der Waals surface area (Å²) < 4.78 is 7.13. The molecule has 0 aliphatic heterocycles. The monoisotopic (exact) mass is 486 g/mol. The fraction of sp³-hybridized carbons (Fsp3) is 0.296. The fourth-order valence-electron chi connectivity index (χ4n) is 3.93. The van der Waals surface area contributed by atoms with Crippen molar-refractivity contribution in [3.05, 3.63) is 78.6 Å². The summed E-state index contributed by atoms with van der Waals surface area (Å²) in [6, 6.07) is 17.1. The van der Waals surface area contributed by atoms with Crippen LogP contribution in [-0.4, -0.2) is 44.4 Å². The molecule has 0 aliphatic rings. The molecule has 1 N–H and O–H groups in total. The minimum Gasteiger partial charge on any atom is -0.495 e. The van der Waals surface area contributed by atoms with Gasteiger partial charge in [-0.3, -0.25) is 19.5 Å². The van der Waals surface area contributed by atoms with E-state index in [9.17, 15) is 9.59 Å². The summed E-state index contributed by atoms with van der Waals surface area (Å²) in [5.41, 5.74) is 1.97. The molecule has 4 aromatic rings. The highest BCUT2D eigenvalue weighted by Gasteiger charge is 2.36. The van der Waals surface area contributed by atoms with Gasteiger partial charge in [-0.2, -0.15) is 0 Å². The highest BCUT2D eigenvalue weighted by atomic mass is 16.5. The highest BCUT2D eigenvalue weighted by Crippen LogP contribution is 2.35. The summed E-state index contributed by atoms with van der Waals surface area (Å²) in [6.07, 6.45) is 3.95. The molecule has 1 atom stereocenters. The Morgan fingerprint density at radius 3 is 2.56 bits per heavy atom. The van der Waals surface area contributed by atoms with E-state index in [-0.39, 0.29) is 18.4 Å². The lowest BCUT2D eigenvalue weighted by atomic mass is 9.99. The van der Waals surface area contributed by atoms with Gasteiger partial charge in [-0.25, -0.2) is 4.68 Å². The number of pyridine rings is 1. The molecular weight excluding hydrogens is 456 g/mol. The number of benzene rings is 2. The number of hydrogen-bond donors (Lipinski definition) is 1. The summed E-state index contributed by atoms with van der Waals surface area (Å²) in [6.45, 7) is 5.77. The molecule has 9 heteroatoms. The first-order valence-electron chi connectivity index (χ1n) is 11.8. The van der Waals surface area contributed by atoms with E-state index >= 15 is 0 Å². The summed E-state index contributed by atoms with van der Waals surface area (Å²) in [4.78, 5) is 33.6. The summed E-state index contributed by atoms with van der Waals surface area (Å²) >= 11 is 0. The van der Waals surface area contributed by atoms with Crippen LogP contribution in [0.2, 0.25) is 0 Å². The van der Waals surface area contributed by atoms with Crippen molar-refractivity contribution in [1.82, 2.24) is 25.3 Å². The van der Waals surface area contributed by atoms with E-state index in [0.717, 1.165) is 5.52 Å². The second-order valence-corrected chi connectivity index (χ2v) is 9.09. The van der Waals surface area contributed by atoms with Gasteiger partial charge in [0.1, 0.15) is 23.9 Å². The van der Waals surface area contributed by atoms with Crippen molar-refractivity contribution in [2.24, 2.45) is 0 Å². The average Bonchev–Trinajstić information content (AvgIpc) is 3.30. The van der Waals surface area contributed by atoms with Crippen LogP contribution in [0.3, 0.4) is 0 Å².